The van der Waals surface area contributed by atoms with Gasteiger partial charge in [-0.25, -0.2) is 16.8 Å². The molecule has 10 heteroatoms. The highest BCUT2D eigenvalue weighted by atomic mass is 32.2. The summed E-state index contributed by atoms with van der Waals surface area (Å²) in [6.45, 7) is 0. The molecule has 0 radical (unpaired) electrons. The van der Waals surface area contributed by atoms with E-state index in [0.717, 1.165) is 0 Å². The zero-order valence-corrected chi connectivity index (χ0v) is 15.1. The van der Waals surface area contributed by atoms with Gasteiger partial charge in [-0.1, -0.05) is 0 Å². The van der Waals surface area contributed by atoms with Crippen LogP contribution in [-0.2, 0) is 29.3 Å². The Kier molecular flexibility index (Phi) is 4.40. The number of amides is 2. The van der Waals surface area contributed by atoms with Crippen molar-refractivity contribution in [3.05, 3.63) is 0 Å². The number of carbonyl (C=O) groups excluding carboxylic acids is 2. The number of hydrogen-bond acceptors (Lipinski definition) is 6. The Hall–Kier alpha value is -1.16. The van der Waals surface area contributed by atoms with Gasteiger partial charge in [0.2, 0.25) is 11.8 Å². The molecule has 1 aliphatic carbocycles. The van der Waals surface area contributed by atoms with Crippen molar-refractivity contribution in [1.82, 2.24) is 10.2 Å². The highest BCUT2D eigenvalue weighted by Gasteiger charge is 2.51. The minimum absolute atomic E-state index is 0.0151. The minimum atomic E-state index is -3.07. The molecular formula is C14H22N2O6S2. The fourth-order valence-electron chi connectivity index (χ4n) is 3.50. The summed E-state index contributed by atoms with van der Waals surface area (Å²) in [5.74, 6) is -1.19. The van der Waals surface area contributed by atoms with Gasteiger partial charge in [-0.2, -0.15) is 0 Å². The van der Waals surface area contributed by atoms with Crippen molar-refractivity contribution in [2.45, 2.75) is 31.3 Å². The Morgan fingerprint density at radius 2 is 1.58 bits per heavy atom. The quantitative estimate of drug-likeness (QED) is 0.641. The molecule has 24 heavy (non-hydrogen) atoms. The Balaban J connectivity index is 1.51. The van der Waals surface area contributed by atoms with Crippen molar-refractivity contribution in [2.75, 3.05) is 30.1 Å². The van der Waals surface area contributed by atoms with Crippen molar-refractivity contribution in [2.24, 2.45) is 11.8 Å². The van der Waals surface area contributed by atoms with Crippen LogP contribution in [-0.4, -0.2) is 75.7 Å². The van der Waals surface area contributed by atoms with Crippen LogP contribution in [0.4, 0.5) is 0 Å². The number of sulfone groups is 2. The Labute approximate surface area is 141 Å². The number of hydrogen-bond donors (Lipinski definition) is 1. The summed E-state index contributed by atoms with van der Waals surface area (Å²) < 4.78 is 45.9. The van der Waals surface area contributed by atoms with Crippen LogP contribution >= 0.6 is 0 Å². The third-order valence-corrected chi connectivity index (χ3v) is 8.65. The zero-order valence-electron chi connectivity index (χ0n) is 13.5. The molecule has 3 aliphatic rings. The van der Waals surface area contributed by atoms with E-state index in [9.17, 15) is 26.4 Å². The maximum atomic E-state index is 12.4. The van der Waals surface area contributed by atoms with Crippen LogP contribution in [0.1, 0.15) is 19.3 Å². The second kappa shape index (κ2) is 5.98. The van der Waals surface area contributed by atoms with Crippen molar-refractivity contribution in [3.63, 3.8) is 0 Å². The van der Waals surface area contributed by atoms with Crippen molar-refractivity contribution in [1.29, 1.82) is 0 Å². The average Bonchev–Trinajstić information content (AvgIpc) is 3.10. The first-order chi connectivity index (χ1) is 11.1. The standard InChI is InChI=1S/C14H22N2O6S2/c1-16(10-3-5-24(21,22)8-10)14(18)12-6-11(12)13(17)15-9-2-4-23(19,20)7-9/h9-12H,2-8H2,1H3,(H,15,17). The molecule has 2 amide bonds. The number of nitrogens with one attached hydrogen (secondary N) is 1. The summed E-state index contributed by atoms with van der Waals surface area (Å²) in [5, 5.41) is 2.72. The second-order valence-corrected chi connectivity index (χ2v) is 11.5. The molecule has 1 N–H and O–H groups in total. The fraction of sp³-hybridized carbons (Fsp3) is 0.857. The first-order valence-electron chi connectivity index (χ1n) is 8.06. The monoisotopic (exact) mass is 378 g/mol. The summed E-state index contributed by atoms with van der Waals surface area (Å²) in [7, 11) is -4.54. The average molecular weight is 378 g/mol. The number of carbonyl (C=O) groups is 2. The van der Waals surface area contributed by atoms with Crippen LogP contribution < -0.4 is 5.32 Å². The van der Waals surface area contributed by atoms with Crippen LogP contribution in [0.5, 0.6) is 0 Å². The molecule has 4 atom stereocenters. The molecule has 2 heterocycles. The van der Waals surface area contributed by atoms with Gasteiger partial charge in [0, 0.05) is 19.1 Å². The molecule has 2 saturated heterocycles. The van der Waals surface area contributed by atoms with E-state index >= 15 is 0 Å². The van der Waals surface area contributed by atoms with Gasteiger partial charge in [0.25, 0.3) is 0 Å². The molecule has 0 aromatic rings. The molecule has 3 fully saturated rings. The third-order valence-electron chi connectivity index (χ3n) is 5.13. The summed E-state index contributed by atoms with van der Waals surface area (Å²) in [6, 6.07) is -0.677. The summed E-state index contributed by atoms with van der Waals surface area (Å²) in [4.78, 5) is 26.0. The predicted octanol–water partition coefficient (Wildman–Crippen LogP) is -1.43. The molecule has 136 valence electrons. The molecule has 1 saturated carbocycles. The molecule has 4 unspecified atom stereocenters. The number of nitrogens with zero attached hydrogens (tertiary/aromatic N) is 1. The molecule has 0 spiro atoms. The Morgan fingerprint density at radius 1 is 0.958 bits per heavy atom. The number of rotatable bonds is 4. The van der Waals surface area contributed by atoms with Crippen molar-refractivity contribution < 1.29 is 26.4 Å². The van der Waals surface area contributed by atoms with Gasteiger partial charge >= 0.3 is 0 Å². The molecular weight excluding hydrogens is 356 g/mol. The zero-order chi connectivity index (χ0) is 17.7. The van der Waals surface area contributed by atoms with E-state index in [0.29, 0.717) is 19.3 Å². The van der Waals surface area contributed by atoms with E-state index in [2.05, 4.69) is 5.32 Å². The summed E-state index contributed by atoms with van der Waals surface area (Å²) in [6.07, 6.45) is 1.29. The molecule has 0 aromatic carbocycles. The molecule has 3 rings (SSSR count). The van der Waals surface area contributed by atoms with Gasteiger partial charge in [-0.15, -0.1) is 0 Å². The smallest absolute Gasteiger partial charge is 0.226 e. The van der Waals surface area contributed by atoms with E-state index in [-0.39, 0.29) is 46.9 Å². The van der Waals surface area contributed by atoms with Gasteiger partial charge in [0.1, 0.15) is 0 Å². The van der Waals surface area contributed by atoms with E-state index in [4.69, 9.17) is 0 Å². The molecule has 8 nitrogen and oxygen atoms in total. The lowest BCUT2D eigenvalue weighted by atomic mass is 10.2. The Morgan fingerprint density at radius 3 is 2.12 bits per heavy atom. The van der Waals surface area contributed by atoms with Gasteiger partial charge in [-0.05, 0) is 19.3 Å². The van der Waals surface area contributed by atoms with E-state index in [1.807, 2.05) is 0 Å². The van der Waals surface area contributed by atoms with Crippen LogP contribution in [0.3, 0.4) is 0 Å². The van der Waals surface area contributed by atoms with Crippen molar-refractivity contribution in [3.8, 4) is 0 Å². The largest absolute Gasteiger partial charge is 0.352 e. The van der Waals surface area contributed by atoms with Crippen LogP contribution in [0.25, 0.3) is 0 Å². The first-order valence-corrected chi connectivity index (χ1v) is 11.7. The normalized spacial score (nSPS) is 36.2. The molecule has 2 aliphatic heterocycles. The fourth-order valence-corrected chi connectivity index (χ4v) is 6.94. The third kappa shape index (κ3) is 3.74. The minimum Gasteiger partial charge on any atom is -0.352 e. The van der Waals surface area contributed by atoms with E-state index in [1.165, 1.54) is 4.90 Å². The maximum absolute atomic E-state index is 12.4. The van der Waals surface area contributed by atoms with Crippen molar-refractivity contribution >= 4 is 31.5 Å². The van der Waals surface area contributed by atoms with Crippen LogP contribution in [0.2, 0.25) is 0 Å². The van der Waals surface area contributed by atoms with Gasteiger partial charge in [0.05, 0.1) is 34.8 Å². The highest BCUT2D eigenvalue weighted by molar-refractivity contribution is 7.91. The van der Waals surface area contributed by atoms with Gasteiger partial charge in [-0.3, -0.25) is 9.59 Å². The van der Waals surface area contributed by atoms with Gasteiger partial charge in [0.15, 0.2) is 19.7 Å². The predicted molar refractivity (Wildman–Crippen MR) is 86.6 cm³/mol. The van der Waals surface area contributed by atoms with Crippen LogP contribution in [0, 0.1) is 11.8 Å². The topological polar surface area (TPSA) is 118 Å². The van der Waals surface area contributed by atoms with E-state index < -0.39 is 31.5 Å². The molecule has 0 aromatic heterocycles. The van der Waals surface area contributed by atoms with E-state index in [1.54, 1.807) is 7.05 Å². The lowest BCUT2D eigenvalue weighted by Crippen LogP contribution is -2.41. The van der Waals surface area contributed by atoms with Crippen LogP contribution in [0.15, 0.2) is 0 Å². The summed E-state index contributed by atoms with van der Waals surface area (Å²) >= 11 is 0. The highest BCUT2D eigenvalue weighted by Crippen LogP contribution is 2.41. The lowest BCUT2D eigenvalue weighted by Gasteiger charge is -2.23. The van der Waals surface area contributed by atoms with Gasteiger partial charge < -0.3 is 10.2 Å². The Bertz CT molecular complexity index is 760. The SMILES string of the molecule is CN(C(=O)C1CC1C(=O)NC1CCS(=O)(=O)C1)C1CCS(=O)(=O)C1. The maximum Gasteiger partial charge on any atom is 0.226 e. The first kappa shape index (κ1) is 17.7. The molecule has 0 bridgehead atoms. The lowest BCUT2D eigenvalue weighted by molar-refractivity contribution is -0.135. The summed E-state index contributed by atoms with van der Waals surface area (Å²) in [5.41, 5.74) is 0. The second-order valence-electron chi connectivity index (χ2n) is 7.06.